The molecule has 9 aromatic carbocycles. The minimum Gasteiger partial charge on any atom is -0.455 e. The van der Waals surface area contributed by atoms with Gasteiger partial charge in [-0.25, -0.2) is 0 Å². The highest BCUT2D eigenvalue weighted by Crippen LogP contribution is 2.48. The summed E-state index contributed by atoms with van der Waals surface area (Å²) in [5.41, 5.74) is 9.65. The van der Waals surface area contributed by atoms with Gasteiger partial charge in [-0.1, -0.05) is 152 Å². The first-order valence-corrected chi connectivity index (χ1v) is 17.1. The molecule has 1 heterocycles. The van der Waals surface area contributed by atoms with E-state index in [1.54, 1.807) is 0 Å². The molecule has 0 saturated carbocycles. The quantitative estimate of drug-likeness (QED) is 0.175. The van der Waals surface area contributed by atoms with Gasteiger partial charge in [0.1, 0.15) is 11.2 Å². The standard InChI is InChI=1S/C48H31NO/c1-2-12-32(13-3-1)33-24-27-36(28-25-33)49(44-22-11-21-39-38-18-7-5-15-35(38)26-29-41(39)44)45-31-30-42(40-20-10-16-34-14-4-6-17-37(34)40)48-47(45)43-19-8-9-23-46(43)50-48/h1-31H. The molecular weight excluding hydrogens is 607 g/mol. The normalized spacial score (nSPS) is 11.6. The maximum absolute atomic E-state index is 6.84. The molecule has 2 heteroatoms. The summed E-state index contributed by atoms with van der Waals surface area (Å²) in [6.07, 6.45) is 0. The van der Waals surface area contributed by atoms with Crippen LogP contribution in [0, 0.1) is 0 Å². The van der Waals surface area contributed by atoms with Crippen molar-refractivity contribution < 1.29 is 4.42 Å². The summed E-state index contributed by atoms with van der Waals surface area (Å²) in [5.74, 6) is 0. The second-order valence-corrected chi connectivity index (χ2v) is 12.9. The molecule has 0 bridgehead atoms. The van der Waals surface area contributed by atoms with Gasteiger partial charge in [0.25, 0.3) is 0 Å². The van der Waals surface area contributed by atoms with E-state index in [1.165, 1.54) is 43.4 Å². The lowest BCUT2D eigenvalue weighted by atomic mass is 9.95. The first kappa shape index (κ1) is 28.4. The fraction of sp³-hybridized carbons (Fsp3) is 0. The van der Waals surface area contributed by atoms with Crippen LogP contribution < -0.4 is 4.90 Å². The van der Waals surface area contributed by atoms with Crippen molar-refractivity contribution in [3.8, 4) is 22.3 Å². The summed E-state index contributed by atoms with van der Waals surface area (Å²) in [4.78, 5) is 2.42. The van der Waals surface area contributed by atoms with E-state index >= 15 is 0 Å². The molecule has 0 atom stereocenters. The first-order chi connectivity index (χ1) is 24.8. The smallest absolute Gasteiger partial charge is 0.145 e. The van der Waals surface area contributed by atoms with Gasteiger partial charge in [-0.3, -0.25) is 0 Å². The van der Waals surface area contributed by atoms with Crippen molar-refractivity contribution in [3.63, 3.8) is 0 Å². The molecule has 0 amide bonds. The Balaban J connectivity index is 1.28. The highest BCUT2D eigenvalue weighted by Gasteiger charge is 2.24. The van der Waals surface area contributed by atoms with Gasteiger partial charge in [-0.05, 0) is 80.0 Å². The summed E-state index contributed by atoms with van der Waals surface area (Å²) >= 11 is 0. The van der Waals surface area contributed by atoms with Crippen LogP contribution in [0.2, 0.25) is 0 Å². The maximum Gasteiger partial charge on any atom is 0.145 e. The number of fused-ring (bicyclic) bond motifs is 7. The van der Waals surface area contributed by atoms with Gasteiger partial charge in [0, 0.05) is 22.0 Å². The van der Waals surface area contributed by atoms with E-state index in [0.29, 0.717) is 0 Å². The van der Waals surface area contributed by atoms with E-state index in [4.69, 9.17) is 4.42 Å². The topological polar surface area (TPSA) is 16.4 Å². The molecule has 10 aromatic rings. The zero-order valence-electron chi connectivity index (χ0n) is 27.3. The molecule has 0 spiro atoms. The number of benzene rings is 9. The van der Waals surface area contributed by atoms with Crippen LogP contribution >= 0.6 is 0 Å². The molecule has 0 fully saturated rings. The highest BCUT2D eigenvalue weighted by atomic mass is 16.3. The Morgan fingerprint density at radius 1 is 0.340 bits per heavy atom. The van der Waals surface area contributed by atoms with Crippen molar-refractivity contribution in [1.29, 1.82) is 0 Å². The second kappa shape index (κ2) is 11.5. The van der Waals surface area contributed by atoms with E-state index in [-0.39, 0.29) is 0 Å². The third kappa shape index (κ3) is 4.50. The number of hydrogen-bond donors (Lipinski definition) is 0. The summed E-state index contributed by atoms with van der Waals surface area (Å²) in [5, 5.41) is 9.51. The Hall–Kier alpha value is -6.64. The zero-order valence-corrected chi connectivity index (χ0v) is 27.3. The van der Waals surface area contributed by atoms with Crippen LogP contribution in [-0.4, -0.2) is 0 Å². The molecule has 50 heavy (non-hydrogen) atoms. The van der Waals surface area contributed by atoms with Crippen LogP contribution in [0.4, 0.5) is 17.1 Å². The van der Waals surface area contributed by atoms with Crippen molar-refractivity contribution in [1.82, 2.24) is 0 Å². The van der Waals surface area contributed by atoms with Gasteiger partial charge in [-0.15, -0.1) is 0 Å². The Bertz CT molecular complexity index is 2860. The van der Waals surface area contributed by atoms with Crippen LogP contribution in [-0.2, 0) is 0 Å². The van der Waals surface area contributed by atoms with Crippen molar-refractivity contribution in [2.45, 2.75) is 0 Å². The fourth-order valence-electron chi connectivity index (χ4n) is 7.73. The summed E-state index contributed by atoms with van der Waals surface area (Å²) in [7, 11) is 0. The molecule has 10 rings (SSSR count). The highest BCUT2D eigenvalue weighted by molar-refractivity contribution is 6.20. The average Bonchev–Trinajstić information content (AvgIpc) is 3.59. The van der Waals surface area contributed by atoms with E-state index in [9.17, 15) is 0 Å². The van der Waals surface area contributed by atoms with Crippen LogP contribution in [0.15, 0.2) is 192 Å². The molecule has 0 aliphatic rings. The van der Waals surface area contributed by atoms with Gasteiger partial charge in [0.05, 0.1) is 16.8 Å². The molecule has 0 radical (unpaired) electrons. The van der Waals surface area contributed by atoms with Gasteiger partial charge < -0.3 is 9.32 Å². The van der Waals surface area contributed by atoms with Crippen molar-refractivity contribution in [2.24, 2.45) is 0 Å². The minimum absolute atomic E-state index is 0.875. The van der Waals surface area contributed by atoms with E-state index < -0.39 is 0 Å². The van der Waals surface area contributed by atoms with E-state index in [2.05, 4.69) is 193 Å². The second-order valence-electron chi connectivity index (χ2n) is 12.9. The predicted octanol–water partition coefficient (Wildman–Crippen LogP) is 13.8. The average molecular weight is 638 g/mol. The van der Waals surface area contributed by atoms with Crippen molar-refractivity contribution >= 4 is 71.3 Å². The first-order valence-electron chi connectivity index (χ1n) is 17.1. The van der Waals surface area contributed by atoms with E-state index in [0.717, 1.165) is 50.1 Å². The third-order valence-corrected chi connectivity index (χ3v) is 10.1. The molecule has 0 N–H and O–H groups in total. The number of nitrogens with zero attached hydrogens (tertiary/aromatic N) is 1. The number of para-hydroxylation sites is 1. The molecule has 2 nitrogen and oxygen atoms in total. The minimum atomic E-state index is 0.875. The van der Waals surface area contributed by atoms with Gasteiger partial charge in [0.2, 0.25) is 0 Å². The Kier molecular flexibility index (Phi) is 6.53. The Morgan fingerprint density at radius 3 is 1.82 bits per heavy atom. The molecular formula is C48H31NO. The summed E-state index contributed by atoms with van der Waals surface area (Å²) < 4.78 is 6.84. The lowest BCUT2D eigenvalue weighted by Crippen LogP contribution is -2.11. The fourth-order valence-corrected chi connectivity index (χ4v) is 7.73. The lowest BCUT2D eigenvalue weighted by Gasteiger charge is -2.28. The van der Waals surface area contributed by atoms with Crippen LogP contribution in [0.1, 0.15) is 0 Å². The van der Waals surface area contributed by atoms with Crippen molar-refractivity contribution in [2.75, 3.05) is 4.90 Å². The van der Waals surface area contributed by atoms with Gasteiger partial charge >= 0.3 is 0 Å². The molecule has 0 aliphatic heterocycles. The molecule has 234 valence electrons. The number of furan rings is 1. The number of anilines is 3. The monoisotopic (exact) mass is 637 g/mol. The van der Waals surface area contributed by atoms with Crippen LogP contribution in [0.3, 0.4) is 0 Å². The lowest BCUT2D eigenvalue weighted by molar-refractivity contribution is 0.670. The largest absolute Gasteiger partial charge is 0.455 e. The zero-order chi connectivity index (χ0) is 33.0. The van der Waals surface area contributed by atoms with Gasteiger partial charge in [-0.2, -0.15) is 0 Å². The third-order valence-electron chi connectivity index (χ3n) is 10.1. The van der Waals surface area contributed by atoms with Gasteiger partial charge in [0.15, 0.2) is 0 Å². The molecule has 0 aliphatic carbocycles. The number of rotatable bonds is 5. The summed E-state index contributed by atoms with van der Waals surface area (Å²) in [6, 6.07) is 67.4. The van der Waals surface area contributed by atoms with Crippen LogP contribution in [0.5, 0.6) is 0 Å². The Morgan fingerprint density at radius 2 is 0.980 bits per heavy atom. The molecule has 0 unspecified atom stereocenters. The predicted molar refractivity (Wildman–Crippen MR) is 212 cm³/mol. The maximum atomic E-state index is 6.84. The van der Waals surface area contributed by atoms with Crippen LogP contribution in [0.25, 0.3) is 76.5 Å². The SMILES string of the molecule is c1ccc(-c2ccc(N(c3cccc4c3ccc3ccccc34)c3ccc(-c4cccc5ccccc45)c4oc5ccccc5c34)cc2)cc1. The van der Waals surface area contributed by atoms with E-state index in [1.807, 2.05) is 0 Å². The molecule has 0 saturated heterocycles. The number of hydrogen-bond acceptors (Lipinski definition) is 2. The Labute approximate surface area is 290 Å². The molecule has 1 aromatic heterocycles. The summed E-state index contributed by atoms with van der Waals surface area (Å²) in [6.45, 7) is 0. The van der Waals surface area contributed by atoms with Crippen molar-refractivity contribution in [3.05, 3.63) is 188 Å².